The van der Waals surface area contributed by atoms with Gasteiger partial charge in [-0.15, -0.1) is 0 Å². The van der Waals surface area contributed by atoms with Crippen molar-refractivity contribution in [3.63, 3.8) is 0 Å². The highest BCUT2D eigenvalue weighted by Crippen LogP contribution is 2.45. The third kappa shape index (κ3) is 3.15. The van der Waals surface area contributed by atoms with Gasteiger partial charge in [-0.25, -0.2) is 0 Å². The fourth-order valence-corrected chi connectivity index (χ4v) is 5.84. The molecule has 0 radical (unpaired) electrons. The van der Waals surface area contributed by atoms with Gasteiger partial charge in [0.15, 0.2) is 0 Å². The van der Waals surface area contributed by atoms with Crippen molar-refractivity contribution in [2.24, 2.45) is 17.0 Å². The molecular weight excluding hydrogens is 346 g/mol. The molecule has 3 aliphatic rings. The van der Waals surface area contributed by atoms with Gasteiger partial charge in [0.25, 0.3) is 0 Å². The first-order valence-corrected chi connectivity index (χ1v) is 10.6. The average Bonchev–Trinajstić information content (AvgIpc) is 3.37. The number of hydrogen-bond acceptors (Lipinski definition) is 4. The molecule has 1 heterocycles. The van der Waals surface area contributed by atoms with E-state index in [9.17, 15) is 5.21 Å². The van der Waals surface area contributed by atoms with Crippen LogP contribution in [0, 0.1) is 11.8 Å². The van der Waals surface area contributed by atoms with Gasteiger partial charge in [0.1, 0.15) is 0 Å². The quantitative estimate of drug-likeness (QED) is 0.648. The lowest BCUT2D eigenvalue weighted by molar-refractivity contribution is 0.0816. The molecule has 1 aliphatic heterocycles. The summed E-state index contributed by atoms with van der Waals surface area (Å²) in [4.78, 5) is 5.20. The third-order valence-corrected chi connectivity index (χ3v) is 7.09. The number of rotatable bonds is 4. The molecule has 2 aromatic rings. The lowest BCUT2D eigenvalue weighted by Gasteiger charge is -2.43. The minimum atomic E-state index is 0.301. The molecule has 1 saturated heterocycles. The van der Waals surface area contributed by atoms with Crippen molar-refractivity contribution >= 4 is 5.71 Å². The van der Waals surface area contributed by atoms with E-state index in [1.807, 2.05) is 0 Å². The zero-order valence-corrected chi connectivity index (χ0v) is 16.3. The highest BCUT2D eigenvalue weighted by molar-refractivity contribution is 5.94. The summed E-state index contributed by atoms with van der Waals surface area (Å²) in [6, 6.07) is 22.4. The summed E-state index contributed by atoms with van der Waals surface area (Å²) in [6.07, 6.45) is 3.73. The first kappa shape index (κ1) is 17.9. The maximum Gasteiger partial charge on any atom is 0.0775 e. The summed E-state index contributed by atoms with van der Waals surface area (Å²) in [5, 5.41) is 13.3. The highest BCUT2D eigenvalue weighted by atomic mass is 16.4. The lowest BCUT2D eigenvalue weighted by atomic mass is 9.91. The summed E-state index contributed by atoms with van der Waals surface area (Å²) in [7, 11) is 0. The smallest absolute Gasteiger partial charge is 0.0775 e. The van der Waals surface area contributed by atoms with E-state index in [2.05, 4.69) is 75.6 Å². The predicted octanol–water partition coefficient (Wildman–Crippen LogP) is 4.02. The van der Waals surface area contributed by atoms with Gasteiger partial charge in [-0.3, -0.25) is 9.80 Å². The molecule has 5 rings (SSSR count). The first-order chi connectivity index (χ1) is 13.8. The van der Waals surface area contributed by atoms with E-state index in [1.54, 1.807) is 0 Å². The molecule has 3 atom stereocenters. The second kappa shape index (κ2) is 7.69. The van der Waals surface area contributed by atoms with Gasteiger partial charge in [-0.2, -0.15) is 0 Å². The normalized spacial score (nSPS) is 29.8. The van der Waals surface area contributed by atoms with E-state index >= 15 is 0 Å². The van der Waals surface area contributed by atoms with E-state index in [1.165, 1.54) is 30.4 Å². The van der Waals surface area contributed by atoms with Crippen molar-refractivity contribution < 1.29 is 5.21 Å². The molecule has 0 amide bonds. The molecular formula is C24H29N3O. The fraction of sp³-hybridized carbons (Fsp3) is 0.458. The number of oxime groups is 1. The highest BCUT2D eigenvalue weighted by Gasteiger charge is 2.48. The summed E-state index contributed by atoms with van der Waals surface area (Å²) in [5.41, 5.74) is 3.78. The molecule has 2 aromatic carbocycles. The van der Waals surface area contributed by atoms with Crippen LogP contribution < -0.4 is 0 Å². The van der Waals surface area contributed by atoms with E-state index in [0.717, 1.165) is 31.9 Å². The van der Waals surface area contributed by atoms with E-state index < -0.39 is 0 Å². The molecule has 3 fully saturated rings. The van der Waals surface area contributed by atoms with Gasteiger partial charge in [-0.05, 0) is 36.3 Å². The van der Waals surface area contributed by atoms with Gasteiger partial charge >= 0.3 is 0 Å². The van der Waals surface area contributed by atoms with E-state index in [4.69, 9.17) is 0 Å². The Morgan fingerprint density at radius 1 is 0.821 bits per heavy atom. The number of benzene rings is 2. The number of nitrogens with zero attached hydrogens (tertiary/aromatic N) is 3. The molecule has 28 heavy (non-hydrogen) atoms. The Balaban J connectivity index is 1.34. The van der Waals surface area contributed by atoms with Crippen LogP contribution in [0.1, 0.15) is 36.4 Å². The third-order valence-electron chi connectivity index (χ3n) is 7.09. The second-order valence-corrected chi connectivity index (χ2v) is 8.54. The van der Waals surface area contributed by atoms with Crippen molar-refractivity contribution in [2.45, 2.75) is 31.3 Å². The predicted molar refractivity (Wildman–Crippen MR) is 112 cm³/mol. The van der Waals surface area contributed by atoms with Crippen molar-refractivity contribution in [3.05, 3.63) is 71.8 Å². The van der Waals surface area contributed by atoms with Gasteiger partial charge < -0.3 is 5.21 Å². The molecule has 4 heteroatoms. The Hall–Kier alpha value is -2.17. The molecule has 0 aromatic heterocycles. The van der Waals surface area contributed by atoms with Crippen molar-refractivity contribution in [2.75, 3.05) is 26.2 Å². The van der Waals surface area contributed by atoms with Crippen LogP contribution in [0.15, 0.2) is 65.8 Å². The first-order valence-electron chi connectivity index (χ1n) is 10.6. The zero-order chi connectivity index (χ0) is 18.9. The molecule has 4 nitrogen and oxygen atoms in total. The second-order valence-electron chi connectivity index (χ2n) is 8.54. The maximum atomic E-state index is 9.58. The van der Waals surface area contributed by atoms with Crippen molar-refractivity contribution in [3.8, 4) is 0 Å². The van der Waals surface area contributed by atoms with Crippen molar-refractivity contribution in [1.82, 2.24) is 9.80 Å². The lowest BCUT2D eigenvalue weighted by Crippen LogP contribution is -2.54. The fourth-order valence-electron chi connectivity index (χ4n) is 5.84. The van der Waals surface area contributed by atoms with Gasteiger partial charge in [-0.1, -0.05) is 65.8 Å². The van der Waals surface area contributed by atoms with Crippen LogP contribution in [0.3, 0.4) is 0 Å². The Morgan fingerprint density at radius 2 is 1.43 bits per heavy atom. The summed E-state index contributed by atoms with van der Waals surface area (Å²) < 4.78 is 0. The topological polar surface area (TPSA) is 39.1 Å². The van der Waals surface area contributed by atoms with Gasteiger partial charge in [0.2, 0.25) is 0 Å². The van der Waals surface area contributed by atoms with Gasteiger partial charge in [0.05, 0.1) is 17.8 Å². The Labute approximate surface area is 167 Å². The molecule has 146 valence electrons. The van der Waals surface area contributed by atoms with Crippen LogP contribution in [0.25, 0.3) is 0 Å². The Morgan fingerprint density at radius 3 is 2.00 bits per heavy atom. The molecule has 2 saturated carbocycles. The summed E-state index contributed by atoms with van der Waals surface area (Å²) >= 11 is 0. The van der Waals surface area contributed by atoms with Crippen molar-refractivity contribution in [1.29, 1.82) is 0 Å². The minimum Gasteiger partial charge on any atom is -0.411 e. The van der Waals surface area contributed by atoms with E-state index in [-0.39, 0.29) is 0 Å². The molecule has 0 unspecified atom stereocenters. The van der Waals surface area contributed by atoms with E-state index in [0.29, 0.717) is 23.9 Å². The largest absolute Gasteiger partial charge is 0.411 e. The number of piperazine rings is 1. The van der Waals surface area contributed by atoms with Crippen LogP contribution >= 0.6 is 0 Å². The standard InChI is InChI=1S/C24H29N3O/c28-25-22-20-11-12-21(17-20)24(22)27-15-13-26(14-16-27)23(18-7-3-1-4-8-18)19-9-5-2-6-10-19/h1-10,20-21,23-24,28H,11-17H2/b25-22-/t20-,21+,24+/m0/s1. The van der Waals surface area contributed by atoms with Crippen LogP contribution in [0.4, 0.5) is 0 Å². The zero-order valence-electron chi connectivity index (χ0n) is 16.3. The summed E-state index contributed by atoms with van der Waals surface area (Å²) in [6.45, 7) is 4.17. The number of hydrogen-bond donors (Lipinski definition) is 1. The number of fused-ring (bicyclic) bond motifs is 2. The van der Waals surface area contributed by atoms with Crippen LogP contribution in [-0.4, -0.2) is 52.9 Å². The monoisotopic (exact) mass is 375 g/mol. The molecule has 0 spiro atoms. The van der Waals surface area contributed by atoms with Crippen LogP contribution in [0.2, 0.25) is 0 Å². The van der Waals surface area contributed by atoms with Gasteiger partial charge in [0, 0.05) is 32.1 Å². The molecule has 2 aliphatic carbocycles. The Kier molecular flexibility index (Phi) is 4.91. The minimum absolute atomic E-state index is 0.301. The van der Waals surface area contributed by atoms with Crippen LogP contribution in [-0.2, 0) is 0 Å². The average molecular weight is 376 g/mol. The summed E-state index contributed by atoms with van der Waals surface area (Å²) in [5.74, 6) is 1.22. The Bertz CT molecular complexity index is 775. The van der Waals surface area contributed by atoms with Crippen LogP contribution in [0.5, 0.6) is 0 Å². The maximum absolute atomic E-state index is 9.58. The molecule has 2 bridgehead atoms. The molecule has 1 N–H and O–H groups in total. The SMILES string of the molecule is O/N=C1/[C@H]2CC[C@H](C2)[C@H]1N1CCN(C(c2ccccc2)c2ccccc2)CC1.